The number of fused-ring (bicyclic) bond motifs is 1. The fraction of sp³-hybridized carbons (Fsp3) is 0.136. The van der Waals surface area contributed by atoms with E-state index in [9.17, 15) is 19.5 Å². The summed E-state index contributed by atoms with van der Waals surface area (Å²) in [6, 6.07) is 9.38. The minimum absolute atomic E-state index is 0.0645. The molecule has 3 aromatic rings. The van der Waals surface area contributed by atoms with Gasteiger partial charge in [-0.05, 0) is 42.8 Å². The van der Waals surface area contributed by atoms with Gasteiger partial charge in [0, 0.05) is 34.1 Å². The van der Waals surface area contributed by atoms with Crippen LogP contribution < -0.4 is 5.32 Å². The lowest BCUT2D eigenvalue weighted by Gasteiger charge is -2.07. The number of aliphatic carboxylic acids is 1. The van der Waals surface area contributed by atoms with E-state index in [0.29, 0.717) is 27.2 Å². The molecule has 1 amide bonds. The van der Waals surface area contributed by atoms with Crippen molar-refractivity contribution < 1.29 is 24.2 Å². The number of carboxylic acid groups (broad SMARTS) is 1. The zero-order chi connectivity index (χ0) is 22.7. The van der Waals surface area contributed by atoms with E-state index in [1.54, 1.807) is 37.3 Å². The Morgan fingerprint density at radius 2 is 1.84 bits per heavy atom. The minimum Gasteiger partial charge on any atom is -0.478 e. The molecule has 0 radical (unpaired) electrons. The van der Waals surface area contributed by atoms with Gasteiger partial charge >= 0.3 is 11.9 Å². The molecule has 0 spiro atoms. The number of carbonyl (C=O) groups excluding carboxylic acids is 2. The van der Waals surface area contributed by atoms with Gasteiger partial charge in [0.05, 0.1) is 17.2 Å². The van der Waals surface area contributed by atoms with Crippen molar-refractivity contribution in [1.29, 1.82) is 0 Å². The second-order valence-corrected chi connectivity index (χ2v) is 7.41. The standard InChI is InChI=1S/C22H18Cl2N2O5/c1-3-31-22(30)20-16(19-17(24)8-13(23)9-18(19)26-20)10-15(21(28)29)12-4-6-14(7-5-12)25-11(2)27/h4-10,26H,3H2,1-2H3,(H,25,27)(H,28,29)/b15-10-. The summed E-state index contributed by atoms with van der Waals surface area (Å²) in [5, 5.41) is 13.5. The van der Waals surface area contributed by atoms with E-state index < -0.39 is 11.9 Å². The highest BCUT2D eigenvalue weighted by molar-refractivity contribution is 6.39. The summed E-state index contributed by atoms with van der Waals surface area (Å²) in [4.78, 5) is 38.7. The molecule has 9 heteroatoms. The van der Waals surface area contributed by atoms with Crippen LogP contribution in [0.5, 0.6) is 0 Å². The average Bonchev–Trinajstić information content (AvgIpc) is 3.05. The van der Waals surface area contributed by atoms with Gasteiger partial charge in [0.1, 0.15) is 5.69 Å². The maximum Gasteiger partial charge on any atom is 0.355 e. The Morgan fingerprint density at radius 3 is 2.42 bits per heavy atom. The zero-order valence-corrected chi connectivity index (χ0v) is 18.1. The highest BCUT2D eigenvalue weighted by Gasteiger charge is 2.22. The molecule has 0 saturated heterocycles. The first kappa shape index (κ1) is 22.4. The maximum absolute atomic E-state index is 12.5. The molecular formula is C22H18Cl2N2O5. The van der Waals surface area contributed by atoms with Crippen molar-refractivity contribution in [3.05, 3.63) is 63.3 Å². The number of halogens is 2. The van der Waals surface area contributed by atoms with Gasteiger partial charge in [0.15, 0.2) is 0 Å². The van der Waals surface area contributed by atoms with E-state index in [-0.39, 0.29) is 34.4 Å². The largest absolute Gasteiger partial charge is 0.478 e. The van der Waals surface area contributed by atoms with Gasteiger partial charge in [0.2, 0.25) is 5.91 Å². The molecule has 0 fully saturated rings. The van der Waals surface area contributed by atoms with Crippen molar-refractivity contribution in [1.82, 2.24) is 4.98 Å². The van der Waals surface area contributed by atoms with Crippen molar-refractivity contribution in [2.75, 3.05) is 11.9 Å². The first-order valence-electron chi connectivity index (χ1n) is 9.22. The van der Waals surface area contributed by atoms with Gasteiger partial charge in [-0.3, -0.25) is 4.79 Å². The van der Waals surface area contributed by atoms with Gasteiger partial charge < -0.3 is 20.1 Å². The van der Waals surface area contributed by atoms with Gasteiger partial charge in [-0.2, -0.15) is 0 Å². The van der Waals surface area contributed by atoms with Crippen LogP contribution in [0.15, 0.2) is 36.4 Å². The number of rotatable bonds is 6. The third-order valence-corrected chi connectivity index (χ3v) is 4.88. The first-order chi connectivity index (χ1) is 14.7. The average molecular weight is 461 g/mol. The van der Waals surface area contributed by atoms with Crippen LogP contribution in [0.25, 0.3) is 22.6 Å². The summed E-state index contributed by atoms with van der Waals surface area (Å²) in [6.07, 6.45) is 1.36. The summed E-state index contributed by atoms with van der Waals surface area (Å²) >= 11 is 12.4. The van der Waals surface area contributed by atoms with Crippen molar-refractivity contribution in [2.45, 2.75) is 13.8 Å². The third kappa shape index (κ3) is 4.90. The lowest BCUT2D eigenvalue weighted by atomic mass is 10.0. The molecule has 0 aliphatic carbocycles. The monoisotopic (exact) mass is 460 g/mol. The smallest absolute Gasteiger partial charge is 0.355 e. The van der Waals surface area contributed by atoms with E-state index in [2.05, 4.69) is 10.3 Å². The van der Waals surface area contributed by atoms with Crippen molar-refractivity contribution in [3.63, 3.8) is 0 Å². The summed E-state index contributed by atoms with van der Waals surface area (Å²) in [7, 11) is 0. The Bertz CT molecular complexity index is 1210. The molecule has 3 rings (SSSR count). The lowest BCUT2D eigenvalue weighted by molar-refractivity contribution is -0.130. The number of esters is 1. The van der Waals surface area contributed by atoms with Gasteiger partial charge in [0.25, 0.3) is 0 Å². The molecule has 160 valence electrons. The molecule has 1 aromatic heterocycles. The van der Waals surface area contributed by atoms with Crippen LogP contribution in [0, 0.1) is 0 Å². The van der Waals surface area contributed by atoms with Gasteiger partial charge in [-0.25, -0.2) is 9.59 Å². The Morgan fingerprint density at radius 1 is 1.16 bits per heavy atom. The molecule has 31 heavy (non-hydrogen) atoms. The first-order valence-corrected chi connectivity index (χ1v) is 9.97. The number of hydrogen-bond acceptors (Lipinski definition) is 4. The molecule has 0 aliphatic heterocycles. The topological polar surface area (TPSA) is 108 Å². The summed E-state index contributed by atoms with van der Waals surface area (Å²) in [6.45, 7) is 3.18. The molecule has 7 nitrogen and oxygen atoms in total. The Hall–Kier alpha value is -3.29. The quantitative estimate of drug-likeness (QED) is 0.344. The van der Waals surface area contributed by atoms with Crippen LogP contribution >= 0.6 is 23.2 Å². The molecule has 0 unspecified atom stereocenters. The number of H-pyrrole nitrogens is 1. The zero-order valence-electron chi connectivity index (χ0n) is 16.6. The number of anilines is 1. The second-order valence-electron chi connectivity index (χ2n) is 6.57. The number of aromatic nitrogens is 1. The number of ether oxygens (including phenoxy) is 1. The highest BCUT2D eigenvalue weighted by Crippen LogP contribution is 2.35. The number of carboxylic acids is 1. The van der Waals surface area contributed by atoms with Crippen LogP contribution in [0.3, 0.4) is 0 Å². The van der Waals surface area contributed by atoms with E-state index >= 15 is 0 Å². The summed E-state index contributed by atoms with van der Waals surface area (Å²) in [5.74, 6) is -2.10. The van der Waals surface area contributed by atoms with E-state index in [0.717, 1.165) is 0 Å². The molecule has 0 saturated carbocycles. The number of benzene rings is 2. The van der Waals surface area contributed by atoms with Gasteiger partial charge in [-0.1, -0.05) is 35.3 Å². The molecule has 0 aliphatic rings. The fourth-order valence-electron chi connectivity index (χ4n) is 3.13. The van der Waals surface area contributed by atoms with Crippen LogP contribution in [0.1, 0.15) is 35.5 Å². The maximum atomic E-state index is 12.5. The van der Waals surface area contributed by atoms with Crippen LogP contribution in [0.4, 0.5) is 5.69 Å². The predicted octanol–water partition coefficient (Wildman–Crippen LogP) is 5.24. The van der Waals surface area contributed by atoms with Crippen LogP contribution in [-0.2, 0) is 14.3 Å². The Kier molecular flexibility index (Phi) is 6.68. The molecule has 1 heterocycles. The normalized spacial score (nSPS) is 11.4. The van der Waals surface area contributed by atoms with E-state index in [1.807, 2.05) is 0 Å². The minimum atomic E-state index is -1.21. The fourth-order valence-corrected chi connectivity index (χ4v) is 3.73. The van der Waals surface area contributed by atoms with E-state index in [4.69, 9.17) is 27.9 Å². The van der Waals surface area contributed by atoms with Crippen molar-refractivity contribution in [3.8, 4) is 0 Å². The Labute approximate surface area is 187 Å². The third-order valence-electron chi connectivity index (χ3n) is 4.37. The summed E-state index contributed by atoms with van der Waals surface area (Å²) in [5.41, 5.74) is 1.63. The predicted molar refractivity (Wildman–Crippen MR) is 121 cm³/mol. The second kappa shape index (κ2) is 9.24. The summed E-state index contributed by atoms with van der Waals surface area (Å²) < 4.78 is 5.11. The lowest BCUT2D eigenvalue weighted by Crippen LogP contribution is -2.07. The highest BCUT2D eigenvalue weighted by atomic mass is 35.5. The van der Waals surface area contributed by atoms with E-state index in [1.165, 1.54) is 19.1 Å². The number of amides is 1. The number of nitrogens with one attached hydrogen (secondary N) is 2. The van der Waals surface area contributed by atoms with Crippen molar-refractivity contribution >= 4 is 69.3 Å². The number of hydrogen-bond donors (Lipinski definition) is 3. The van der Waals surface area contributed by atoms with Gasteiger partial charge in [-0.15, -0.1) is 0 Å². The van der Waals surface area contributed by atoms with Crippen LogP contribution in [-0.4, -0.2) is 34.5 Å². The molecule has 0 bridgehead atoms. The molecule has 3 N–H and O–H groups in total. The molecular weight excluding hydrogens is 443 g/mol. The Balaban J connectivity index is 2.21. The molecule has 0 atom stereocenters. The SMILES string of the molecule is CCOC(=O)c1[nH]c2cc(Cl)cc(Cl)c2c1/C=C(\C(=O)O)c1ccc(NC(C)=O)cc1. The van der Waals surface area contributed by atoms with Crippen LogP contribution in [0.2, 0.25) is 10.0 Å². The van der Waals surface area contributed by atoms with Crippen molar-refractivity contribution in [2.24, 2.45) is 0 Å². The number of carbonyl (C=O) groups is 3. The number of aromatic amines is 1. The molecule has 2 aromatic carbocycles.